The molecular weight excluding hydrogens is 344 g/mol. The molecule has 0 saturated carbocycles. The fourth-order valence-corrected chi connectivity index (χ4v) is 3.42. The van der Waals surface area contributed by atoms with E-state index < -0.39 is 0 Å². The topological polar surface area (TPSA) is 73.5 Å². The molecule has 0 spiro atoms. The van der Waals surface area contributed by atoms with Crippen molar-refractivity contribution in [3.8, 4) is 11.8 Å². The summed E-state index contributed by atoms with van der Waals surface area (Å²) >= 11 is 0. The Kier molecular flexibility index (Phi) is 5.09. The van der Waals surface area contributed by atoms with Crippen molar-refractivity contribution in [1.82, 2.24) is 15.2 Å². The standard InChI is InChI=1S/C20H24N4O3/c1-14-3-6-19(23-22-14)24-10-7-15(8-11-24)9-12-26-16-4-5-18-17(13-16)21-20(25-2)27-18/h3-6,13,15H,7-12H2,1-2H3. The molecule has 1 aliphatic heterocycles. The summed E-state index contributed by atoms with van der Waals surface area (Å²) in [6, 6.07) is 9.73. The van der Waals surface area contributed by atoms with Crippen molar-refractivity contribution in [1.29, 1.82) is 0 Å². The van der Waals surface area contributed by atoms with E-state index in [1.165, 1.54) is 0 Å². The van der Waals surface area contributed by atoms with Crippen molar-refractivity contribution in [2.45, 2.75) is 26.2 Å². The van der Waals surface area contributed by atoms with Crippen LogP contribution in [0.5, 0.6) is 11.8 Å². The summed E-state index contributed by atoms with van der Waals surface area (Å²) in [4.78, 5) is 6.56. The molecular formula is C20H24N4O3. The predicted octanol–water partition coefficient (Wildman–Crippen LogP) is 3.62. The molecule has 0 bridgehead atoms. The van der Waals surface area contributed by atoms with Gasteiger partial charge in [0.2, 0.25) is 0 Å². The van der Waals surface area contributed by atoms with Gasteiger partial charge < -0.3 is 18.8 Å². The van der Waals surface area contributed by atoms with Crippen LogP contribution in [-0.2, 0) is 0 Å². The van der Waals surface area contributed by atoms with Gasteiger partial charge in [-0.1, -0.05) is 0 Å². The van der Waals surface area contributed by atoms with Gasteiger partial charge in [0.05, 0.1) is 19.4 Å². The second-order valence-electron chi connectivity index (χ2n) is 6.91. The Bertz CT molecular complexity index is 886. The first kappa shape index (κ1) is 17.6. The number of fused-ring (bicyclic) bond motifs is 1. The molecule has 0 atom stereocenters. The minimum atomic E-state index is 0.271. The first-order chi connectivity index (χ1) is 13.2. The average molecular weight is 368 g/mol. The molecule has 3 aromatic rings. The third-order valence-electron chi connectivity index (χ3n) is 5.03. The van der Waals surface area contributed by atoms with Crippen molar-refractivity contribution >= 4 is 16.9 Å². The zero-order valence-corrected chi connectivity index (χ0v) is 15.7. The van der Waals surface area contributed by atoms with Crippen LogP contribution < -0.4 is 14.4 Å². The quantitative estimate of drug-likeness (QED) is 0.658. The van der Waals surface area contributed by atoms with Crippen LogP contribution in [0.1, 0.15) is 25.0 Å². The molecule has 0 unspecified atom stereocenters. The van der Waals surface area contributed by atoms with Gasteiger partial charge in [0.15, 0.2) is 11.4 Å². The lowest BCUT2D eigenvalue weighted by molar-refractivity contribution is 0.258. The zero-order chi connectivity index (χ0) is 18.6. The van der Waals surface area contributed by atoms with E-state index in [0.29, 0.717) is 18.1 Å². The third-order valence-corrected chi connectivity index (χ3v) is 5.03. The van der Waals surface area contributed by atoms with E-state index in [1.54, 1.807) is 7.11 Å². The number of aryl methyl sites for hydroxylation is 1. The van der Waals surface area contributed by atoms with Crippen LogP contribution in [0.3, 0.4) is 0 Å². The lowest BCUT2D eigenvalue weighted by Gasteiger charge is -2.32. The van der Waals surface area contributed by atoms with Crippen LogP contribution in [0, 0.1) is 12.8 Å². The molecule has 142 valence electrons. The number of hydrogen-bond donors (Lipinski definition) is 0. The molecule has 27 heavy (non-hydrogen) atoms. The molecule has 4 rings (SSSR count). The second kappa shape index (κ2) is 7.82. The maximum atomic E-state index is 5.93. The maximum Gasteiger partial charge on any atom is 0.394 e. The number of piperidine rings is 1. The van der Waals surface area contributed by atoms with Crippen molar-refractivity contribution < 1.29 is 13.9 Å². The Morgan fingerprint density at radius 2 is 2.00 bits per heavy atom. The fraction of sp³-hybridized carbons (Fsp3) is 0.450. The summed E-state index contributed by atoms with van der Waals surface area (Å²) < 4.78 is 16.4. The van der Waals surface area contributed by atoms with Crippen LogP contribution in [0.4, 0.5) is 5.82 Å². The van der Waals surface area contributed by atoms with E-state index in [9.17, 15) is 0 Å². The highest BCUT2D eigenvalue weighted by molar-refractivity contribution is 5.74. The monoisotopic (exact) mass is 368 g/mol. The molecule has 2 aromatic heterocycles. The number of aromatic nitrogens is 3. The van der Waals surface area contributed by atoms with Gasteiger partial charge in [0, 0.05) is 19.2 Å². The Balaban J connectivity index is 1.25. The van der Waals surface area contributed by atoms with Gasteiger partial charge in [-0.25, -0.2) is 0 Å². The van der Waals surface area contributed by atoms with Gasteiger partial charge in [-0.2, -0.15) is 10.1 Å². The number of nitrogens with zero attached hydrogens (tertiary/aromatic N) is 4. The molecule has 1 aliphatic rings. The lowest BCUT2D eigenvalue weighted by atomic mass is 9.94. The third kappa shape index (κ3) is 4.13. The van der Waals surface area contributed by atoms with Crippen LogP contribution in [-0.4, -0.2) is 42.0 Å². The van der Waals surface area contributed by atoms with E-state index in [1.807, 2.05) is 31.2 Å². The second-order valence-corrected chi connectivity index (χ2v) is 6.91. The smallest absolute Gasteiger partial charge is 0.394 e. The molecule has 7 heteroatoms. The Labute approximate surface area is 158 Å². The minimum Gasteiger partial charge on any atom is -0.494 e. The fourth-order valence-electron chi connectivity index (χ4n) is 3.42. The largest absolute Gasteiger partial charge is 0.494 e. The predicted molar refractivity (Wildman–Crippen MR) is 102 cm³/mol. The minimum absolute atomic E-state index is 0.271. The Morgan fingerprint density at radius 1 is 1.15 bits per heavy atom. The number of anilines is 1. The van der Waals surface area contributed by atoms with E-state index in [-0.39, 0.29) is 6.08 Å². The highest BCUT2D eigenvalue weighted by atomic mass is 16.6. The maximum absolute atomic E-state index is 5.93. The first-order valence-electron chi connectivity index (χ1n) is 9.34. The summed E-state index contributed by atoms with van der Waals surface area (Å²) in [5.41, 5.74) is 2.40. The number of benzene rings is 1. The summed E-state index contributed by atoms with van der Waals surface area (Å²) in [5, 5.41) is 8.44. The van der Waals surface area contributed by atoms with Gasteiger partial charge >= 0.3 is 6.08 Å². The molecule has 0 amide bonds. The molecule has 7 nitrogen and oxygen atoms in total. The van der Waals surface area contributed by atoms with Crippen LogP contribution in [0.25, 0.3) is 11.1 Å². The molecule has 1 saturated heterocycles. The van der Waals surface area contributed by atoms with E-state index in [0.717, 1.165) is 55.1 Å². The highest BCUT2D eigenvalue weighted by Gasteiger charge is 2.20. The summed E-state index contributed by atoms with van der Waals surface area (Å²) in [7, 11) is 1.54. The first-order valence-corrected chi connectivity index (χ1v) is 9.34. The van der Waals surface area contributed by atoms with Gasteiger partial charge in [-0.05, 0) is 56.4 Å². The van der Waals surface area contributed by atoms with Crippen molar-refractivity contribution in [3.05, 3.63) is 36.0 Å². The number of methoxy groups -OCH3 is 1. The van der Waals surface area contributed by atoms with Gasteiger partial charge in [0.1, 0.15) is 11.3 Å². The Hall–Kier alpha value is -2.83. The van der Waals surface area contributed by atoms with Crippen LogP contribution in [0.2, 0.25) is 0 Å². The van der Waals surface area contributed by atoms with E-state index in [4.69, 9.17) is 13.9 Å². The number of oxazole rings is 1. The van der Waals surface area contributed by atoms with Crippen molar-refractivity contribution in [2.75, 3.05) is 31.7 Å². The van der Waals surface area contributed by atoms with E-state index >= 15 is 0 Å². The van der Waals surface area contributed by atoms with Gasteiger partial charge in [-0.3, -0.25) is 0 Å². The molecule has 3 heterocycles. The lowest BCUT2D eigenvalue weighted by Crippen LogP contribution is -2.34. The van der Waals surface area contributed by atoms with Crippen LogP contribution >= 0.6 is 0 Å². The molecule has 0 aliphatic carbocycles. The van der Waals surface area contributed by atoms with E-state index in [2.05, 4.69) is 26.1 Å². The van der Waals surface area contributed by atoms with Crippen LogP contribution in [0.15, 0.2) is 34.7 Å². The van der Waals surface area contributed by atoms with Gasteiger partial charge in [0.25, 0.3) is 0 Å². The normalized spacial score (nSPS) is 15.3. The number of ether oxygens (including phenoxy) is 2. The van der Waals surface area contributed by atoms with Crippen molar-refractivity contribution in [3.63, 3.8) is 0 Å². The summed E-state index contributed by atoms with van der Waals surface area (Å²) in [5.74, 6) is 2.47. The molecule has 0 radical (unpaired) electrons. The number of rotatable bonds is 6. The Morgan fingerprint density at radius 3 is 2.74 bits per heavy atom. The molecule has 1 fully saturated rings. The SMILES string of the molecule is COc1nc2cc(OCCC3CCN(c4ccc(C)nn4)CC3)ccc2o1. The summed E-state index contributed by atoms with van der Waals surface area (Å²) in [6.45, 7) is 4.70. The molecule has 0 N–H and O–H groups in total. The average Bonchev–Trinajstić information content (AvgIpc) is 3.12. The highest BCUT2D eigenvalue weighted by Crippen LogP contribution is 2.26. The summed E-state index contributed by atoms with van der Waals surface area (Å²) in [6.07, 6.45) is 3.62. The van der Waals surface area contributed by atoms with Crippen molar-refractivity contribution in [2.24, 2.45) is 5.92 Å². The number of hydrogen-bond acceptors (Lipinski definition) is 7. The molecule has 1 aromatic carbocycles. The van der Waals surface area contributed by atoms with Gasteiger partial charge in [-0.15, -0.1) is 5.10 Å². The zero-order valence-electron chi connectivity index (χ0n) is 15.7.